The molecule has 3 aromatic rings. The molecule has 2 N–H and O–H groups in total. The first kappa shape index (κ1) is 17.4. The molecule has 0 aliphatic carbocycles. The summed E-state index contributed by atoms with van der Waals surface area (Å²) < 4.78 is 7.87. The highest BCUT2D eigenvalue weighted by atomic mass is 127. The van der Waals surface area contributed by atoms with Gasteiger partial charge in [0.1, 0.15) is 11.3 Å². The predicted octanol–water partition coefficient (Wildman–Crippen LogP) is 5.03. The minimum atomic E-state index is -0.470. The van der Waals surface area contributed by atoms with E-state index >= 15 is 0 Å². The Hall–Kier alpha value is -1.39. The Bertz CT molecular complexity index is 969. The molecule has 8 heteroatoms. The molecule has 0 saturated carbocycles. The van der Waals surface area contributed by atoms with Crippen LogP contribution in [0.4, 0.5) is 0 Å². The van der Waals surface area contributed by atoms with Gasteiger partial charge in [-0.05, 0) is 59.0 Å². The lowest BCUT2D eigenvalue weighted by Gasteiger charge is -2.02. The second-order valence-corrected chi connectivity index (χ2v) is 7.81. The summed E-state index contributed by atoms with van der Waals surface area (Å²) in [6, 6.07) is 10.6. The largest absolute Gasteiger partial charge is 0.506 e. The Kier molecular flexibility index (Phi) is 5.26. The molecule has 0 radical (unpaired) electrons. The third kappa shape index (κ3) is 3.81. The monoisotopic (exact) mass is 562 g/mol. The fraction of sp³-hybridized carbons (Fsp3) is 0. The smallest absolute Gasteiger partial charge is 0.307 e. The third-order valence-corrected chi connectivity index (χ3v) is 4.90. The standard InChI is InChI=1S/C16H9Br2IN2O3/c17-10-1-2-13-8(3-10)5-14(24-13)16(23)21-20-7-9-4-11(18)6-12(19)15(9)22/h1-7,22H,(H,21,23)/b20-7-. The van der Waals surface area contributed by atoms with Gasteiger partial charge in [-0.25, -0.2) is 5.43 Å². The van der Waals surface area contributed by atoms with Crippen LogP contribution in [0.15, 0.2) is 54.9 Å². The summed E-state index contributed by atoms with van der Waals surface area (Å²) in [5.74, 6) is -0.207. The van der Waals surface area contributed by atoms with Crippen molar-refractivity contribution < 1.29 is 14.3 Å². The van der Waals surface area contributed by atoms with E-state index in [-0.39, 0.29) is 11.5 Å². The number of fused-ring (bicyclic) bond motifs is 1. The highest BCUT2D eigenvalue weighted by molar-refractivity contribution is 14.1. The number of hydrogen-bond donors (Lipinski definition) is 2. The van der Waals surface area contributed by atoms with E-state index in [1.165, 1.54) is 6.21 Å². The van der Waals surface area contributed by atoms with Crippen molar-refractivity contribution in [1.82, 2.24) is 5.43 Å². The van der Waals surface area contributed by atoms with Gasteiger partial charge in [-0.1, -0.05) is 31.9 Å². The van der Waals surface area contributed by atoms with Crippen molar-refractivity contribution in [3.8, 4) is 5.75 Å². The molecule has 0 aliphatic heterocycles. The maximum Gasteiger partial charge on any atom is 0.307 e. The van der Waals surface area contributed by atoms with Crippen LogP contribution < -0.4 is 5.43 Å². The van der Waals surface area contributed by atoms with Crippen LogP contribution in [0.25, 0.3) is 11.0 Å². The van der Waals surface area contributed by atoms with Crippen molar-refractivity contribution in [1.29, 1.82) is 0 Å². The number of furan rings is 1. The Balaban J connectivity index is 1.77. The van der Waals surface area contributed by atoms with Gasteiger partial charge in [-0.15, -0.1) is 0 Å². The van der Waals surface area contributed by atoms with E-state index in [2.05, 4.69) is 42.4 Å². The van der Waals surface area contributed by atoms with Crippen molar-refractivity contribution in [2.45, 2.75) is 0 Å². The molecule has 1 heterocycles. The molecule has 122 valence electrons. The molecule has 0 bridgehead atoms. The Morgan fingerprint density at radius 2 is 2.00 bits per heavy atom. The van der Waals surface area contributed by atoms with Gasteiger partial charge in [-0.2, -0.15) is 5.10 Å². The van der Waals surface area contributed by atoms with E-state index in [0.717, 1.165) is 14.3 Å². The van der Waals surface area contributed by atoms with Gasteiger partial charge in [0.25, 0.3) is 0 Å². The minimum Gasteiger partial charge on any atom is -0.506 e. The maximum absolute atomic E-state index is 12.1. The van der Waals surface area contributed by atoms with Gasteiger partial charge in [-0.3, -0.25) is 4.79 Å². The number of nitrogens with zero attached hydrogens (tertiary/aromatic N) is 1. The first-order valence-corrected chi connectivity index (χ1v) is 9.31. The van der Waals surface area contributed by atoms with Crippen molar-refractivity contribution in [3.63, 3.8) is 0 Å². The molecule has 0 saturated heterocycles. The van der Waals surface area contributed by atoms with Gasteiger partial charge < -0.3 is 9.52 Å². The number of rotatable bonds is 3. The van der Waals surface area contributed by atoms with E-state index in [4.69, 9.17) is 4.42 Å². The molecular formula is C16H9Br2IN2O3. The van der Waals surface area contributed by atoms with Gasteiger partial charge >= 0.3 is 5.91 Å². The summed E-state index contributed by atoms with van der Waals surface area (Å²) in [5, 5.41) is 14.7. The number of nitrogens with one attached hydrogen (secondary N) is 1. The zero-order chi connectivity index (χ0) is 17.3. The number of phenols is 1. The lowest BCUT2D eigenvalue weighted by Crippen LogP contribution is -2.16. The molecule has 0 atom stereocenters. The number of hydrazone groups is 1. The van der Waals surface area contributed by atoms with Crippen molar-refractivity contribution in [2.24, 2.45) is 5.10 Å². The van der Waals surface area contributed by atoms with Gasteiger partial charge in [0, 0.05) is 19.9 Å². The zero-order valence-corrected chi connectivity index (χ0v) is 17.2. The number of carbonyl (C=O) groups is 1. The first-order chi connectivity index (χ1) is 11.4. The molecule has 1 amide bonds. The fourth-order valence-electron chi connectivity index (χ4n) is 2.03. The molecule has 0 aliphatic rings. The van der Waals surface area contributed by atoms with Crippen LogP contribution in [0.3, 0.4) is 0 Å². The second kappa shape index (κ2) is 7.24. The summed E-state index contributed by atoms with van der Waals surface area (Å²) in [7, 11) is 0. The van der Waals surface area contributed by atoms with E-state index in [9.17, 15) is 9.90 Å². The quantitative estimate of drug-likeness (QED) is 0.267. The number of aromatic hydroxyl groups is 1. The zero-order valence-electron chi connectivity index (χ0n) is 11.9. The number of amides is 1. The van der Waals surface area contributed by atoms with Crippen molar-refractivity contribution in [2.75, 3.05) is 0 Å². The molecule has 2 aromatic carbocycles. The highest BCUT2D eigenvalue weighted by Gasteiger charge is 2.12. The van der Waals surface area contributed by atoms with E-state index < -0.39 is 5.91 Å². The number of halogens is 3. The first-order valence-electron chi connectivity index (χ1n) is 6.64. The minimum absolute atomic E-state index is 0.102. The molecule has 0 unspecified atom stereocenters. The Morgan fingerprint density at radius 1 is 1.21 bits per heavy atom. The summed E-state index contributed by atoms with van der Waals surface area (Å²) >= 11 is 8.73. The number of benzene rings is 2. The van der Waals surface area contributed by atoms with Gasteiger partial charge in [0.05, 0.1) is 9.78 Å². The topological polar surface area (TPSA) is 74.8 Å². The van der Waals surface area contributed by atoms with Crippen LogP contribution in [0.5, 0.6) is 5.75 Å². The summed E-state index contributed by atoms with van der Waals surface area (Å²) in [5.41, 5.74) is 3.49. The Labute approximate surface area is 167 Å². The average Bonchev–Trinajstić information content (AvgIpc) is 2.95. The van der Waals surface area contributed by atoms with E-state index in [1.54, 1.807) is 24.3 Å². The Morgan fingerprint density at radius 3 is 2.79 bits per heavy atom. The predicted molar refractivity (Wildman–Crippen MR) is 107 cm³/mol. The SMILES string of the molecule is O=C(N/N=C\c1cc(Br)cc(I)c1O)c1cc2cc(Br)ccc2o1. The summed E-state index contributed by atoms with van der Waals surface area (Å²) in [6.07, 6.45) is 1.37. The van der Waals surface area contributed by atoms with Crippen LogP contribution in [0.2, 0.25) is 0 Å². The van der Waals surface area contributed by atoms with Crippen molar-refractivity contribution >= 4 is 77.5 Å². The van der Waals surface area contributed by atoms with Crippen LogP contribution in [-0.4, -0.2) is 17.2 Å². The number of phenolic OH excluding ortho intramolecular Hbond substituents is 1. The second-order valence-electron chi connectivity index (χ2n) is 4.82. The highest BCUT2D eigenvalue weighted by Crippen LogP contribution is 2.27. The summed E-state index contributed by atoms with van der Waals surface area (Å²) in [4.78, 5) is 12.1. The van der Waals surface area contributed by atoms with Crippen LogP contribution >= 0.6 is 54.5 Å². The molecule has 1 aromatic heterocycles. The van der Waals surface area contributed by atoms with Gasteiger partial charge in [0.15, 0.2) is 5.76 Å². The van der Waals surface area contributed by atoms with E-state index in [0.29, 0.717) is 14.7 Å². The summed E-state index contributed by atoms with van der Waals surface area (Å²) in [6.45, 7) is 0. The third-order valence-electron chi connectivity index (χ3n) is 3.13. The van der Waals surface area contributed by atoms with Crippen LogP contribution in [0, 0.1) is 3.57 Å². The van der Waals surface area contributed by atoms with E-state index in [1.807, 2.05) is 34.7 Å². The molecule has 0 fully saturated rings. The van der Waals surface area contributed by atoms with Gasteiger partial charge in [0.2, 0.25) is 0 Å². The fourth-order valence-corrected chi connectivity index (χ4v) is 3.96. The number of hydrogen-bond acceptors (Lipinski definition) is 4. The van der Waals surface area contributed by atoms with Crippen LogP contribution in [-0.2, 0) is 0 Å². The maximum atomic E-state index is 12.1. The molecule has 0 spiro atoms. The van der Waals surface area contributed by atoms with Crippen molar-refractivity contribution in [3.05, 3.63) is 60.2 Å². The normalized spacial score (nSPS) is 11.3. The lowest BCUT2D eigenvalue weighted by atomic mass is 10.2. The molecular weight excluding hydrogens is 555 g/mol. The molecule has 3 rings (SSSR count). The number of carbonyl (C=O) groups excluding carboxylic acids is 1. The molecule has 5 nitrogen and oxygen atoms in total. The average molecular weight is 564 g/mol. The van der Waals surface area contributed by atoms with Crippen LogP contribution in [0.1, 0.15) is 16.1 Å². The lowest BCUT2D eigenvalue weighted by molar-refractivity contribution is 0.0929. The molecule has 24 heavy (non-hydrogen) atoms.